The molecule has 0 bridgehead atoms. The number of phenols is 1. The Morgan fingerprint density at radius 2 is 1.74 bits per heavy atom. The molecule has 1 unspecified atom stereocenters. The summed E-state index contributed by atoms with van der Waals surface area (Å²) in [6, 6.07) is 9.62. The Hall–Kier alpha value is -4.32. The van der Waals surface area contributed by atoms with Crippen molar-refractivity contribution in [1.29, 1.82) is 0 Å². The van der Waals surface area contributed by atoms with Gasteiger partial charge >= 0.3 is 0 Å². The Labute approximate surface area is 223 Å². The van der Waals surface area contributed by atoms with E-state index in [1.807, 2.05) is 0 Å². The first-order valence-electron chi connectivity index (χ1n) is 11.9. The number of nitrogens with one attached hydrogen (secondary N) is 1. The Morgan fingerprint density at radius 1 is 1.08 bits per heavy atom. The molecule has 11 nitrogen and oxygen atoms in total. The molecule has 0 radical (unpaired) electrons. The van der Waals surface area contributed by atoms with Crippen molar-refractivity contribution in [3.63, 3.8) is 0 Å². The lowest BCUT2D eigenvalue weighted by Gasteiger charge is -2.32. The molecule has 0 saturated heterocycles. The third kappa shape index (κ3) is 5.35. The second kappa shape index (κ2) is 11.4. The van der Waals surface area contributed by atoms with E-state index < -0.39 is 23.8 Å². The van der Waals surface area contributed by atoms with Crippen LogP contribution in [0.5, 0.6) is 17.2 Å². The summed E-state index contributed by atoms with van der Waals surface area (Å²) in [5.74, 6) is -1.19. The van der Waals surface area contributed by atoms with Crippen LogP contribution in [-0.2, 0) is 4.79 Å². The SMILES string of the molecule is COc1ccc(N(C(=O)c2snc(C(N)=O)c2N)C(C(=O)NC2CCCC2)c2ccc(O)cc2)cc1OC. The number of primary amides is 1. The van der Waals surface area contributed by atoms with Crippen LogP contribution in [0.1, 0.15) is 57.4 Å². The molecule has 3 amide bonds. The zero-order chi connectivity index (χ0) is 27.4. The molecule has 3 aromatic rings. The van der Waals surface area contributed by atoms with Crippen molar-refractivity contribution >= 4 is 40.6 Å². The smallest absolute Gasteiger partial charge is 0.273 e. The average molecular weight is 540 g/mol. The zero-order valence-electron chi connectivity index (χ0n) is 21.0. The third-order valence-corrected chi connectivity index (χ3v) is 7.29. The van der Waals surface area contributed by atoms with Gasteiger partial charge in [0.2, 0.25) is 5.91 Å². The van der Waals surface area contributed by atoms with E-state index in [1.165, 1.54) is 31.3 Å². The Kier molecular flexibility index (Phi) is 8.01. The maximum absolute atomic E-state index is 14.1. The van der Waals surface area contributed by atoms with Gasteiger partial charge in [0.15, 0.2) is 17.2 Å². The minimum Gasteiger partial charge on any atom is -0.508 e. The number of methoxy groups -OCH3 is 2. The van der Waals surface area contributed by atoms with E-state index >= 15 is 0 Å². The number of carbonyl (C=O) groups is 3. The molecule has 1 aliphatic carbocycles. The van der Waals surface area contributed by atoms with Gasteiger partial charge in [0.25, 0.3) is 11.8 Å². The normalized spacial score (nSPS) is 14.1. The van der Waals surface area contributed by atoms with Gasteiger partial charge in [0.1, 0.15) is 16.7 Å². The molecule has 38 heavy (non-hydrogen) atoms. The number of hydrogen-bond donors (Lipinski definition) is 4. The molecule has 2 aromatic carbocycles. The van der Waals surface area contributed by atoms with E-state index in [2.05, 4.69) is 9.69 Å². The molecular formula is C26H29N5O6S. The molecule has 1 saturated carbocycles. The Bertz CT molecular complexity index is 1340. The largest absolute Gasteiger partial charge is 0.508 e. The Morgan fingerprint density at radius 3 is 2.32 bits per heavy atom. The first-order valence-corrected chi connectivity index (χ1v) is 12.7. The van der Waals surface area contributed by atoms with Crippen LogP contribution in [0.3, 0.4) is 0 Å². The third-order valence-electron chi connectivity index (χ3n) is 6.44. The number of nitrogens with two attached hydrogens (primary N) is 2. The van der Waals surface area contributed by atoms with Crippen molar-refractivity contribution in [3.8, 4) is 17.2 Å². The van der Waals surface area contributed by atoms with E-state index in [0.29, 0.717) is 22.7 Å². The van der Waals surface area contributed by atoms with Crippen molar-refractivity contribution < 1.29 is 29.0 Å². The van der Waals surface area contributed by atoms with Gasteiger partial charge in [-0.1, -0.05) is 25.0 Å². The predicted molar refractivity (Wildman–Crippen MR) is 143 cm³/mol. The number of amides is 3. The van der Waals surface area contributed by atoms with Crippen LogP contribution in [0, 0.1) is 0 Å². The molecule has 0 spiro atoms. The maximum atomic E-state index is 14.1. The molecule has 1 heterocycles. The van der Waals surface area contributed by atoms with Crippen LogP contribution in [-0.4, -0.2) is 47.5 Å². The van der Waals surface area contributed by atoms with Gasteiger partial charge in [-0.25, -0.2) is 0 Å². The number of aromatic nitrogens is 1. The average Bonchev–Trinajstić information content (AvgIpc) is 3.56. The molecule has 1 aliphatic rings. The Balaban J connectivity index is 1.89. The lowest BCUT2D eigenvalue weighted by molar-refractivity contribution is -0.123. The number of hydrogen-bond acceptors (Lipinski definition) is 9. The molecule has 1 atom stereocenters. The topological polar surface area (TPSA) is 170 Å². The van der Waals surface area contributed by atoms with Crippen LogP contribution in [0.25, 0.3) is 0 Å². The van der Waals surface area contributed by atoms with Crippen LogP contribution in [0.4, 0.5) is 11.4 Å². The first-order chi connectivity index (χ1) is 18.2. The minimum absolute atomic E-state index is 0.00509. The second-order valence-corrected chi connectivity index (χ2v) is 9.61. The molecule has 6 N–H and O–H groups in total. The second-order valence-electron chi connectivity index (χ2n) is 8.84. The summed E-state index contributed by atoms with van der Waals surface area (Å²) in [5, 5.41) is 13.0. The lowest BCUT2D eigenvalue weighted by atomic mass is 10.0. The number of carbonyl (C=O) groups excluding carboxylic acids is 3. The molecule has 1 fully saturated rings. The standard InChI is InChI=1S/C26H29N5O6S/c1-36-18-12-9-16(13-19(18)37-2)31(26(35)23-20(27)21(24(28)33)30-38-23)22(14-7-10-17(32)11-8-14)25(34)29-15-5-3-4-6-15/h7-13,15,22,32H,3-6,27H2,1-2H3,(H2,28,33)(H,29,34). The zero-order valence-corrected chi connectivity index (χ0v) is 21.8. The number of anilines is 2. The summed E-state index contributed by atoms with van der Waals surface area (Å²) in [4.78, 5) is 41.0. The predicted octanol–water partition coefficient (Wildman–Crippen LogP) is 2.99. The van der Waals surface area contributed by atoms with Crippen LogP contribution in [0.2, 0.25) is 0 Å². The maximum Gasteiger partial charge on any atom is 0.273 e. The van der Waals surface area contributed by atoms with Gasteiger partial charge in [0.05, 0.1) is 19.9 Å². The number of rotatable bonds is 9. The molecule has 1 aromatic heterocycles. The van der Waals surface area contributed by atoms with Gasteiger partial charge in [-0.15, -0.1) is 0 Å². The summed E-state index contributed by atoms with van der Waals surface area (Å²) >= 11 is 0.718. The highest BCUT2D eigenvalue weighted by Gasteiger charge is 2.37. The number of nitrogen functional groups attached to an aromatic ring is 1. The van der Waals surface area contributed by atoms with Crippen molar-refractivity contribution in [2.75, 3.05) is 24.9 Å². The van der Waals surface area contributed by atoms with Crippen LogP contribution in [0.15, 0.2) is 42.5 Å². The van der Waals surface area contributed by atoms with Gasteiger partial charge in [-0.3, -0.25) is 19.3 Å². The molecule has 0 aliphatic heterocycles. The quantitative estimate of drug-likeness (QED) is 0.321. The number of benzene rings is 2. The van der Waals surface area contributed by atoms with E-state index in [9.17, 15) is 19.5 Å². The van der Waals surface area contributed by atoms with Gasteiger partial charge in [-0.05, 0) is 54.2 Å². The lowest BCUT2D eigenvalue weighted by Crippen LogP contribution is -2.46. The van der Waals surface area contributed by atoms with Crippen molar-refractivity contribution in [1.82, 2.24) is 9.69 Å². The number of ether oxygens (including phenoxy) is 2. The van der Waals surface area contributed by atoms with Crippen LogP contribution >= 0.6 is 11.5 Å². The van der Waals surface area contributed by atoms with Crippen molar-refractivity contribution in [2.24, 2.45) is 5.73 Å². The van der Waals surface area contributed by atoms with Gasteiger partial charge in [0, 0.05) is 17.8 Å². The van der Waals surface area contributed by atoms with E-state index in [4.69, 9.17) is 20.9 Å². The fourth-order valence-corrected chi connectivity index (χ4v) is 5.26. The fourth-order valence-electron chi connectivity index (χ4n) is 4.52. The minimum atomic E-state index is -1.17. The fraction of sp³-hybridized carbons (Fsp3) is 0.308. The number of aromatic hydroxyl groups is 1. The summed E-state index contributed by atoms with van der Waals surface area (Å²) in [6.07, 6.45) is 3.67. The highest BCUT2D eigenvalue weighted by Crippen LogP contribution is 2.38. The highest BCUT2D eigenvalue weighted by molar-refractivity contribution is 7.09. The summed E-state index contributed by atoms with van der Waals surface area (Å²) in [5.41, 5.74) is 11.8. The van der Waals surface area contributed by atoms with Crippen LogP contribution < -0.4 is 31.2 Å². The van der Waals surface area contributed by atoms with E-state index in [1.54, 1.807) is 30.3 Å². The molecule has 200 valence electrons. The highest BCUT2D eigenvalue weighted by atomic mass is 32.1. The van der Waals surface area contributed by atoms with E-state index in [0.717, 1.165) is 37.2 Å². The van der Waals surface area contributed by atoms with Gasteiger partial charge < -0.3 is 31.4 Å². The number of nitrogens with zero attached hydrogens (tertiary/aromatic N) is 2. The summed E-state index contributed by atoms with van der Waals surface area (Å²) in [6.45, 7) is 0. The summed E-state index contributed by atoms with van der Waals surface area (Å²) < 4.78 is 14.8. The molecular weight excluding hydrogens is 510 g/mol. The van der Waals surface area contributed by atoms with Crippen molar-refractivity contribution in [2.45, 2.75) is 37.8 Å². The first kappa shape index (κ1) is 26.7. The summed E-state index contributed by atoms with van der Waals surface area (Å²) in [7, 11) is 2.94. The van der Waals surface area contributed by atoms with Crippen molar-refractivity contribution in [3.05, 3.63) is 58.6 Å². The van der Waals surface area contributed by atoms with E-state index in [-0.39, 0.29) is 28.0 Å². The number of phenolic OH excluding ortho intramolecular Hbond substituents is 1. The van der Waals surface area contributed by atoms with Gasteiger partial charge in [-0.2, -0.15) is 4.37 Å². The molecule has 12 heteroatoms. The molecule has 4 rings (SSSR count). The monoisotopic (exact) mass is 539 g/mol.